The molecule has 0 unspecified atom stereocenters. The summed E-state index contributed by atoms with van der Waals surface area (Å²) in [4.78, 5) is 2.37. The van der Waals surface area contributed by atoms with Crippen LogP contribution >= 0.6 is 15.9 Å². The Labute approximate surface area is 195 Å². The summed E-state index contributed by atoms with van der Waals surface area (Å²) in [5.41, 5.74) is 3.45. The van der Waals surface area contributed by atoms with Crippen molar-refractivity contribution < 1.29 is 0 Å². The molecule has 32 heavy (non-hydrogen) atoms. The number of anilines is 3. The van der Waals surface area contributed by atoms with Gasteiger partial charge in [0, 0.05) is 21.2 Å². The molecule has 0 aliphatic rings. The lowest BCUT2D eigenvalue weighted by atomic mass is 9.99. The van der Waals surface area contributed by atoms with Crippen molar-refractivity contribution in [3.63, 3.8) is 0 Å². The molecule has 0 atom stereocenters. The summed E-state index contributed by atoms with van der Waals surface area (Å²) < 4.78 is 1.07. The van der Waals surface area contributed by atoms with E-state index in [9.17, 15) is 0 Å². The van der Waals surface area contributed by atoms with Crippen LogP contribution in [-0.4, -0.2) is 0 Å². The molecule has 0 radical (unpaired) electrons. The fraction of sp³-hybridized carbons (Fsp3) is 0. The molecule has 0 spiro atoms. The molecule has 6 aromatic carbocycles. The van der Waals surface area contributed by atoms with Gasteiger partial charge in [0.05, 0.1) is 5.69 Å². The first-order chi connectivity index (χ1) is 15.8. The van der Waals surface area contributed by atoms with E-state index in [2.05, 4.69) is 142 Å². The molecule has 0 aliphatic carbocycles. The highest BCUT2D eigenvalue weighted by atomic mass is 79.9. The van der Waals surface area contributed by atoms with E-state index in [1.807, 2.05) is 0 Å². The fourth-order valence-electron chi connectivity index (χ4n) is 4.55. The molecule has 0 fully saturated rings. The maximum Gasteiger partial charge on any atom is 0.0546 e. The van der Waals surface area contributed by atoms with E-state index >= 15 is 0 Å². The third kappa shape index (κ3) is 3.24. The van der Waals surface area contributed by atoms with Gasteiger partial charge in [-0.05, 0) is 69.4 Å². The molecule has 0 saturated heterocycles. The van der Waals surface area contributed by atoms with Gasteiger partial charge < -0.3 is 4.90 Å². The average molecular weight is 474 g/mol. The van der Waals surface area contributed by atoms with E-state index in [4.69, 9.17) is 0 Å². The Balaban J connectivity index is 1.69. The van der Waals surface area contributed by atoms with Gasteiger partial charge in [-0.3, -0.25) is 0 Å². The SMILES string of the molecule is Brc1ccc(N(c2ccc3ccccc3c2)c2cc3ccccc3c3ccccc23)cc1. The third-order valence-electron chi connectivity index (χ3n) is 6.06. The van der Waals surface area contributed by atoms with E-state index in [1.165, 1.54) is 38.0 Å². The molecule has 0 aromatic heterocycles. The highest BCUT2D eigenvalue weighted by molar-refractivity contribution is 9.10. The van der Waals surface area contributed by atoms with Crippen molar-refractivity contribution in [1.29, 1.82) is 0 Å². The Hall–Kier alpha value is -3.62. The van der Waals surface area contributed by atoms with Crippen LogP contribution in [-0.2, 0) is 0 Å². The molecule has 2 heteroatoms. The molecule has 152 valence electrons. The Morgan fingerprint density at radius 2 is 1.03 bits per heavy atom. The lowest BCUT2D eigenvalue weighted by Gasteiger charge is -2.28. The van der Waals surface area contributed by atoms with Crippen LogP contribution in [0.1, 0.15) is 0 Å². The van der Waals surface area contributed by atoms with Gasteiger partial charge in [-0.2, -0.15) is 0 Å². The summed E-state index contributed by atoms with van der Waals surface area (Å²) in [5.74, 6) is 0. The standard InChI is InChI=1S/C30H20BrN/c31-24-14-17-25(18-15-24)32(26-16-13-21-7-1-2-8-22(21)19-26)30-20-23-9-3-4-10-27(23)28-11-5-6-12-29(28)30/h1-20H. The van der Waals surface area contributed by atoms with Crippen LogP contribution in [0.3, 0.4) is 0 Å². The lowest BCUT2D eigenvalue weighted by Crippen LogP contribution is -2.10. The number of benzene rings is 6. The number of rotatable bonds is 3. The predicted octanol–water partition coefficient (Wildman–Crippen LogP) is 9.38. The molecule has 1 nitrogen and oxygen atoms in total. The summed E-state index contributed by atoms with van der Waals surface area (Å²) in [5, 5.41) is 7.50. The highest BCUT2D eigenvalue weighted by Crippen LogP contribution is 2.42. The quantitative estimate of drug-likeness (QED) is 0.231. The highest BCUT2D eigenvalue weighted by Gasteiger charge is 2.17. The zero-order valence-electron chi connectivity index (χ0n) is 17.4. The number of hydrogen-bond donors (Lipinski definition) is 0. The Morgan fingerprint density at radius 3 is 1.81 bits per heavy atom. The summed E-state index contributed by atoms with van der Waals surface area (Å²) in [6, 6.07) is 43.4. The van der Waals surface area contributed by atoms with Crippen LogP contribution in [0.2, 0.25) is 0 Å². The molecule has 0 aliphatic heterocycles. The fourth-order valence-corrected chi connectivity index (χ4v) is 4.82. The molecule has 0 heterocycles. The van der Waals surface area contributed by atoms with E-state index in [-0.39, 0.29) is 0 Å². The maximum absolute atomic E-state index is 3.59. The Bertz CT molecular complexity index is 1580. The topological polar surface area (TPSA) is 3.24 Å². The molecule has 6 rings (SSSR count). The number of halogens is 1. The maximum atomic E-state index is 3.59. The summed E-state index contributed by atoms with van der Waals surface area (Å²) in [6.07, 6.45) is 0. The van der Waals surface area contributed by atoms with Gasteiger partial charge in [-0.25, -0.2) is 0 Å². The van der Waals surface area contributed by atoms with Crippen molar-refractivity contribution >= 4 is 65.3 Å². The van der Waals surface area contributed by atoms with Crippen molar-refractivity contribution in [2.24, 2.45) is 0 Å². The molecule has 6 aromatic rings. The van der Waals surface area contributed by atoms with Gasteiger partial charge in [-0.15, -0.1) is 0 Å². The zero-order valence-corrected chi connectivity index (χ0v) is 19.0. The monoisotopic (exact) mass is 473 g/mol. The minimum absolute atomic E-state index is 1.07. The molecular weight excluding hydrogens is 454 g/mol. The van der Waals surface area contributed by atoms with E-state index in [0.717, 1.165) is 15.8 Å². The van der Waals surface area contributed by atoms with Crippen molar-refractivity contribution in [3.05, 3.63) is 126 Å². The number of fused-ring (bicyclic) bond motifs is 4. The first kappa shape index (κ1) is 19.1. The van der Waals surface area contributed by atoms with E-state index in [1.54, 1.807) is 0 Å². The second-order valence-electron chi connectivity index (χ2n) is 8.01. The van der Waals surface area contributed by atoms with Crippen LogP contribution in [0.4, 0.5) is 17.1 Å². The van der Waals surface area contributed by atoms with Crippen LogP contribution in [0, 0.1) is 0 Å². The van der Waals surface area contributed by atoms with Crippen molar-refractivity contribution in [3.8, 4) is 0 Å². The molecule has 0 bridgehead atoms. The molecule has 0 saturated carbocycles. The van der Waals surface area contributed by atoms with E-state index in [0.29, 0.717) is 0 Å². The first-order valence-electron chi connectivity index (χ1n) is 10.7. The Morgan fingerprint density at radius 1 is 0.438 bits per heavy atom. The molecule has 0 N–H and O–H groups in total. The van der Waals surface area contributed by atoms with Gasteiger partial charge in [0.15, 0.2) is 0 Å². The first-order valence-corrected chi connectivity index (χ1v) is 11.5. The lowest BCUT2D eigenvalue weighted by molar-refractivity contribution is 1.30. The van der Waals surface area contributed by atoms with Gasteiger partial charge >= 0.3 is 0 Å². The van der Waals surface area contributed by atoms with Crippen LogP contribution in [0.15, 0.2) is 126 Å². The minimum atomic E-state index is 1.07. The largest absolute Gasteiger partial charge is 0.310 e. The smallest absolute Gasteiger partial charge is 0.0546 e. The third-order valence-corrected chi connectivity index (χ3v) is 6.59. The van der Waals surface area contributed by atoms with Crippen molar-refractivity contribution in [2.45, 2.75) is 0 Å². The van der Waals surface area contributed by atoms with Crippen LogP contribution in [0.25, 0.3) is 32.3 Å². The number of nitrogens with zero attached hydrogens (tertiary/aromatic N) is 1. The average Bonchev–Trinajstić information content (AvgIpc) is 2.85. The van der Waals surface area contributed by atoms with Crippen LogP contribution in [0.5, 0.6) is 0 Å². The second kappa shape index (κ2) is 7.81. The summed E-state index contributed by atoms with van der Waals surface area (Å²) in [7, 11) is 0. The van der Waals surface area contributed by atoms with Gasteiger partial charge in [0.1, 0.15) is 0 Å². The number of hydrogen-bond acceptors (Lipinski definition) is 1. The van der Waals surface area contributed by atoms with Crippen molar-refractivity contribution in [2.75, 3.05) is 4.90 Å². The Kier molecular flexibility index (Phi) is 4.66. The summed E-state index contributed by atoms with van der Waals surface area (Å²) >= 11 is 3.59. The minimum Gasteiger partial charge on any atom is -0.310 e. The zero-order chi connectivity index (χ0) is 21.5. The predicted molar refractivity (Wildman–Crippen MR) is 141 cm³/mol. The van der Waals surface area contributed by atoms with E-state index < -0.39 is 0 Å². The normalized spacial score (nSPS) is 11.3. The second-order valence-corrected chi connectivity index (χ2v) is 8.92. The van der Waals surface area contributed by atoms with Gasteiger partial charge in [0.2, 0.25) is 0 Å². The van der Waals surface area contributed by atoms with Gasteiger partial charge in [0.25, 0.3) is 0 Å². The van der Waals surface area contributed by atoms with Crippen molar-refractivity contribution in [1.82, 2.24) is 0 Å². The molecule has 0 amide bonds. The van der Waals surface area contributed by atoms with Crippen LogP contribution < -0.4 is 4.90 Å². The summed E-state index contributed by atoms with van der Waals surface area (Å²) in [6.45, 7) is 0. The molecular formula is C30H20BrN. The van der Waals surface area contributed by atoms with Gasteiger partial charge in [-0.1, -0.05) is 94.8 Å².